The molecule has 47 heavy (non-hydrogen) atoms. The van der Waals surface area contributed by atoms with E-state index in [2.05, 4.69) is 16.4 Å². The van der Waals surface area contributed by atoms with Crippen molar-refractivity contribution in [2.75, 3.05) is 0 Å². The van der Waals surface area contributed by atoms with Crippen molar-refractivity contribution in [1.29, 1.82) is 0 Å². The Morgan fingerprint density at radius 3 is 1.79 bits per heavy atom. The minimum atomic E-state index is -5.18. The van der Waals surface area contributed by atoms with Crippen LogP contribution in [0.5, 0.6) is 11.5 Å². The number of hydrogen-bond acceptors (Lipinski definition) is 2. The van der Waals surface area contributed by atoms with Gasteiger partial charge in [0.2, 0.25) is 0 Å². The van der Waals surface area contributed by atoms with Crippen molar-refractivity contribution in [2.45, 2.75) is 63.8 Å². The molecule has 0 unspecified atom stereocenters. The molecule has 0 aromatic heterocycles. The molecule has 0 bridgehead atoms. The van der Waals surface area contributed by atoms with Crippen LogP contribution in [0.3, 0.4) is 0 Å². The van der Waals surface area contributed by atoms with Gasteiger partial charge in [0.15, 0.2) is 11.6 Å². The van der Waals surface area contributed by atoms with Gasteiger partial charge in [-0.3, -0.25) is 0 Å². The summed E-state index contributed by atoms with van der Waals surface area (Å²) >= 11 is 0. The molecule has 1 aliphatic rings. The Morgan fingerprint density at radius 1 is 0.617 bits per heavy atom. The molecule has 0 atom stereocenters. The van der Waals surface area contributed by atoms with E-state index in [1.807, 2.05) is 0 Å². The quantitative estimate of drug-likeness (QED) is 0.165. The lowest BCUT2D eigenvalue weighted by molar-refractivity contribution is -0.275. The van der Waals surface area contributed by atoms with E-state index < -0.39 is 64.2 Å². The fourth-order valence-corrected chi connectivity index (χ4v) is 6.09. The van der Waals surface area contributed by atoms with Crippen molar-refractivity contribution >= 4 is 0 Å². The van der Waals surface area contributed by atoms with Gasteiger partial charge in [-0.25, -0.2) is 22.0 Å². The van der Waals surface area contributed by atoms with Gasteiger partial charge in [0, 0.05) is 17.2 Å². The van der Waals surface area contributed by atoms with Crippen LogP contribution in [0.25, 0.3) is 22.3 Å². The first-order chi connectivity index (χ1) is 22.1. The van der Waals surface area contributed by atoms with E-state index in [4.69, 9.17) is 0 Å². The molecule has 12 heteroatoms. The molecule has 1 fully saturated rings. The van der Waals surface area contributed by atoms with Crippen LogP contribution in [0.2, 0.25) is 0 Å². The van der Waals surface area contributed by atoms with Gasteiger partial charge in [-0.05, 0) is 96.7 Å². The third-order valence-corrected chi connectivity index (χ3v) is 8.31. The van der Waals surface area contributed by atoms with Crippen molar-refractivity contribution in [3.05, 3.63) is 107 Å². The highest BCUT2D eigenvalue weighted by Gasteiger charge is 2.41. The molecule has 1 saturated carbocycles. The molecule has 0 radical (unpaired) electrons. The molecular formula is C35H28F10O2. The number of rotatable bonds is 9. The van der Waals surface area contributed by atoms with Crippen LogP contribution in [-0.4, -0.2) is 6.36 Å². The molecule has 0 saturated heterocycles. The summed E-state index contributed by atoms with van der Waals surface area (Å²) < 4.78 is 149. The van der Waals surface area contributed by atoms with Gasteiger partial charge in [-0.1, -0.05) is 38.0 Å². The first-order valence-electron chi connectivity index (χ1n) is 14.9. The summed E-state index contributed by atoms with van der Waals surface area (Å²) in [6.45, 7) is 2.13. The lowest BCUT2D eigenvalue weighted by Crippen LogP contribution is -2.25. The standard InChI is InChI=1S/C35H28F10O2/c1-2-3-19-4-6-20(7-5-19)21-8-11-26(27(36)14-21)23-16-30(39)33(31(40)17-23)34(41,42)46-24-10-12-25(28(37)18-24)22-9-13-32(29(38)15-22)47-35(43,44)45/h8-20H,2-7H2,1H3. The van der Waals surface area contributed by atoms with Crippen LogP contribution in [0, 0.1) is 35.0 Å². The molecule has 0 amide bonds. The normalized spacial score (nSPS) is 17.1. The van der Waals surface area contributed by atoms with Crippen molar-refractivity contribution in [2.24, 2.45) is 5.92 Å². The van der Waals surface area contributed by atoms with Gasteiger partial charge >= 0.3 is 12.5 Å². The zero-order valence-corrected chi connectivity index (χ0v) is 24.8. The second-order valence-corrected chi connectivity index (χ2v) is 11.5. The van der Waals surface area contributed by atoms with Crippen molar-refractivity contribution < 1.29 is 53.4 Å². The zero-order chi connectivity index (χ0) is 34.1. The van der Waals surface area contributed by atoms with Crippen LogP contribution in [0.15, 0.2) is 66.7 Å². The fraction of sp³-hybridized carbons (Fsp3) is 0.314. The van der Waals surface area contributed by atoms with Gasteiger partial charge in [0.25, 0.3) is 0 Å². The molecule has 1 aliphatic carbocycles. The Labute approximate surface area is 263 Å². The smallest absolute Gasteiger partial charge is 0.429 e. The van der Waals surface area contributed by atoms with E-state index in [0.717, 1.165) is 62.3 Å². The Bertz CT molecular complexity index is 1720. The van der Waals surface area contributed by atoms with Crippen molar-refractivity contribution in [3.8, 4) is 33.8 Å². The number of benzene rings is 4. The summed E-state index contributed by atoms with van der Waals surface area (Å²) in [6, 6.07) is 9.56. The SMILES string of the molecule is CCCC1CCC(c2ccc(-c3cc(F)c(C(F)(F)Oc4ccc(-c5ccc(OC(F)(F)F)c(F)c5)c(F)c4)c(F)c3)c(F)c2)CC1. The summed E-state index contributed by atoms with van der Waals surface area (Å²) in [5.74, 6) is -8.21. The lowest BCUT2D eigenvalue weighted by atomic mass is 9.77. The van der Waals surface area contributed by atoms with Crippen LogP contribution in [-0.2, 0) is 6.11 Å². The van der Waals surface area contributed by atoms with E-state index in [0.29, 0.717) is 36.2 Å². The maximum Gasteiger partial charge on any atom is 0.573 e. The molecule has 0 N–H and O–H groups in total. The van der Waals surface area contributed by atoms with Gasteiger partial charge < -0.3 is 9.47 Å². The van der Waals surface area contributed by atoms with Gasteiger partial charge in [-0.15, -0.1) is 13.2 Å². The van der Waals surface area contributed by atoms with Crippen molar-refractivity contribution in [3.63, 3.8) is 0 Å². The molecular weight excluding hydrogens is 642 g/mol. The van der Waals surface area contributed by atoms with E-state index in [9.17, 15) is 22.0 Å². The fourth-order valence-electron chi connectivity index (χ4n) is 6.09. The van der Waals surface area contributed by atoms with E-state index in [-0.39, 0.29) is 22.6 Å². The van der Waals surface area contributed by atoms with Crippen LogP contribution < -0.4 is 9.47 Å². The molecule has 0 heterocycles. The van der Waals surface area contributed by atoms with Gasteiger partial charge in [0.05, 0.1) is 0 Å². The minimum absolute atomic E-state index is 0.150. The maximum absolute atomic E-state index is 15.1. The Balaban J connectivity index is 1.33. The second kappa shape index (κ2) is 13.5. The number of ether oxygens (including phenoxy) is 2. The average molecular weight is 671 g/mol. The summed E-state index contributed by atoms with van der Waals surface area (Å²) in [4.78, 5) is 0. The van der Waals surface area contributed by atoms with E-state index in [1.54, 1.807) is 6.07 Å². The third kappa shape index (κ3) is 7.85. The highest BCUT2D eigenvalue weighted by Crippen LogP contribution is 2.41. The third-order valence-electron chi connectivity index (χ3n) is 8.31. The highest BCUT2D eigenvalue weighted by molar-refractivity contribution is 5.67. The molecule has 4 aromatic carbocycles. The predicted molar refractivity (Wildman–Crippen MR) is 154 cm³/mol. The van der Waals surface area contributed by atoms with Gasteiger partial charge in [0.1, 0.15) is 34.6 Å². The molecule has 4 aromatic rings. The largest absolute Gasteiger partial charge is 0.573 e. The predicted octanol–water partition coefficient (Wildman–Crippen LogP) is 11.8. The van der Waals surface area contributed by atoms with Crippen LogP contribution >= 0.6 is 0 Å². The summed E-state index contributed by atoms with van der Waals surface area (Å²) in [6.07, 6.45) is -3.73. The van der Waals surface area contributed by atoms with E-state index in [1.165, 1.54) is 12.1 Å². The summed E-state index contributed by atoms with van der Waals surface area (Å²) in [5, 5.41) is 0. The highest BCUT2D eigenvalue weighted by atomic mass is 19.4. The zero-order valence-electron chi connectivity index (χ0n) is 24.8. The average Bonchev–Trinajstić information content (AvgIpc) is 2.97. The minimum Gasteiger partial charge on any atom is -0.429 e. The van der Waals surface area contributed by atoms with Crippen molar-refractivity contribution in [1.82, 2.24) is 0 Å². The Morgan fingerprint density at radius 2 is 1.21 bits per heavy atom. The Hall–Kier alpha value is -4.22. The summed E-state index contributed by atoms with van der Waals surface area (Å²) in [7, 11) is 0. The van der Waals surface area contributed by atoms with Crippen LogP contribution in [0.1, 0.15) is 62.5 Å². The topological polar surface area (TPSA) is 18.5 Å². The molecule has 2 nitrogen and oxygen atoms in total. The molecule has 0 aliphatic heterocycles. The number of halogens is 10. The Kier molecular flexibility index (Phi) is 9.79. The maximum atomic E-state index is 15.1. The van der Waals surface area contributed by atoms with Crippen LogP contribution in [0.4, 0.5) is 43.9 Å². The van der Waals surface area contributed by atoms with E-state index >= 15 is 22.0 Å². The van der Waals surface area contributed by atoms with Gasteiger partial charge in [-0.2, -0.15) is 8.78 Å². The molecule has 250 valence electrons. The molecule has 0 spiro atoms. The first-order valence-corrected chi connectivity index (χ1v) is 14.9. The second-order valence-electron chi connectivity index (χ2n) is 11.5. The molecule has 5 rings (SSSR count). The lowest BCUT2D eigenvalue weighted by Gasteiger charge is -2.28. The monoisotopic (exact) mass is 670 g/mol. The number of alkyl halides is 5. The number of hydrogen-bond donors (Lipinski definition) is 0. The first kappa shape index (κ1) is 34.1. The summed E-state index contributed by atoms with van der Waals surface area (Å²) in [5.41, 5.74) is -2.21.